The lowest BCUT2D eigenvalue weighted by atomic mass is 9.94. The van der Waals surface area contributed by atoms with Gasteiger partial charge in [0.25, 0.3) is 0 Å². The van der Waals surface area contributed by atoms with Gasteiger partial charge in [0.05, 0.1) is 6.10 Å². The quantitative estimate of drug-likeness (QED) is 0.795. The fraction of sp³-hybridized carbons (Fsp3) is 0.800. The predicted octanol–water partition coefficient (Wildman–Crippen LogP) is 2.55. The number of allylic oxidation sites excluding steroid dienone is 2. The van der Waals surface area contributed by atoms with Gasteiger partial charge in [0.15, 0.2) is 0 Å². The zero-order chi connectivity index (χ0) is 13.5. The molecule has 0 radical (unpaired) electrons. The average molecular weight is 266 g/mol. The lowest BCUT2D eigenvalue weighted by molar-refractivity contribution is 0.0219. The van der Waals surface area contributed by atoms with Gasteiger partial charge < -0.3 is 15.0 Å². The molecule has 2 amide bonds. The molecule has 2 rings (SSSR count). The lowest BCUT2D eigenvalue weighted by Crippen LogP contribution is -2.47. The van der Waals surface area contributed by atoms with Crippen LogP contribution < -0.4 is 5.32 Å². The molecule has 19 heavy (non-hydrogen) atoms. The van der Waals surface area contributed by atoms with E-state index in [1.807, 2.05) is 11.8 Å². The van der Waals surface area contributed by atoms with E-state index in [0.717, 1.165) is 51.9 Å². The molecule has 1 saturated heterocycles. The molecule has 1 atom stereocenters. The van der Waals surface area contributed by atoms with E-state index >= 15 is 0 Å². The number of urea groups is 1. The van der Waals surface area contributed by atoms with Gasteiger partial charge in [-0.25, -0.2) is 4.79 Å². The Labute approximate surface area is 116 Å². The third-order valence-electron chi connectivity index (χ3n) is 4.05. The van der Waals surface area contributed by atoms with Gasteiger partial charge in [0, 0.05) is 26.2 Å². The molecule has 1 aliphatic heterocycles. The topological polar surface area (TPSA) is 41.6 Å². The van der Waals surface area contributed by atoms with Crippen LogP contribution in [-0.4, -0.2) is 43.3 Å². The first-order valence-corrected chi connectivity index (χ1v) is 7.59. The number of carbonyl (C=O) groups excluding carboxylic acids is 1. The van der Waals surface area contributed by atoms with Crippen molar-refractivity contribution >= 4 is 6.03 Å². The Morgan fingerprint density at radius 3 is 2.74 bits per heavy atom. The molecule has 0 saturated carbocycles. The number of carbonyl (C=O) groups is 1. The molecule has 1 heterocycles. The van der Waals surface area contributed by atoms with Crippen LogP contribution in [0.5, 0.6) is 0 Å². The highest BCUT2D eigenvalue weighted by Crippen LogP contribution is 2.17. The second-order valence-electron chi connectivity index (χ2n) is 5.48. The molecule has 0 bridgehead atoms. The van der Waals surface area contributed by atoms with Crippen molar-refractivity contribution in [3.05, 3.63) is 12.2 Å². The molecule has 108 valence electrons. The summed E-state index contributed by atoms with van der Waals surface area (Å²) in [4.78, 5) is 14.0. The average Bonchev–Trinajstić information content (AvgIpc) is 2.47. The second kappa shape index (κ2) is 7.53. The minimum atomic E-state index is 0.101. The van der Waals surface area contributed by atoms with Crippen molar-refractivity contribution < 1.29 is 9.53 Å². The van der Waals surface area contributed by atoms with Gasteiger partial charge in [-0.2, -0.15) is 0 Å². The number of ether oxygens (including phenoxy) is 1. The maximum atomic E-state index is 12.1. The Bertz CT molecular complexity index is 309. The van der Waals surface area contributed by atoms with Gasteiger partial charge >= 0.3 is 6.03 Å². The molecule has 0 aromatic heterocycles. The highest BCUT2D eigenvalue weighted by atomic mass is 16.5. The van der Waals surface area contributed by atoms with Crippen molar-refractivity contribution in [1.29, 1.82) is 0 Å². The fourth-order valence-corrected chi connectivity index (χ4v) is 2.85. The van der Waals surface area contributed by atoms with E-state index in [2.05, 4.69) is 17.5 Å². The van der Waals surface area contributed by atoms with E-state index in [0.29, 0.717) is 12.0 Å². The van der Waals surface area contributed by atoms with Crippen molar-refractivity contribution in [2.24, 2.45) is 5.92 Å². The van der Waals surface area contributed by atoms with Crippen LogP contribution in [0.1, 0.15) is 39.0 Å². The lowest BCUT2D eigenvalue weighted by Gasteiger charge is -2.32. The van der Waals surface area contributed by atoms with Crippen LogP contribution in [0, 0.1) is 5.92 Å². The standard InChI is InChI=1S/C15H26N2O2/c1-2-19-14-8-10-17(11-9-14)15(18)16-12-13-6-4-3-5-7-13/h3-4,13-14H,2,5-12H2,1H3,(H,16,18). The first kappa shape index (κ1) is 14.4. The first-order chi connectivity index (χ1) is 9.29. The molecule has 1 N–H and O–H groups in total. The van der Waals surface area contributed by atoms with Crippen molar-refractivity contribution in [2.75, 3.05) is 26.2 Å². The zero-order valence-corrected chi connectivity index (χ0v) is 11.9. The van der Waals surface area contributed by atoms with E-state index in [9.17, 15) is 4.79 Å². The SMILES string of the molecule is CCOC1CCN(C(=O)NCC2CC=CCC2)CC1. The second-order valence-corrected chi connectivity index (χ2v) is 5.48. The molecule has 2 aliphatic rings. The Morgan fingerprint density at radius 2 is 2.11 bits per heavy atom. The van der Waals surface area contributed by atoms with Crippen molar-refractivity contribution in [2.45, 2.75) is 45.1 Å². The summed E-state index contributed by atoms with van der Waals surface area (Å²) in [6, 6.07) is 0.101. The van der Waals surface area contributed by atoms with Crippen LogP contribution in [0.3, 0.4) is 0 Å². The van der Waals surface area contributed by atoms with Gasteiger partial charge in [-0.15, -0.1) is 0 Å². The van der Waals surface area contributed by atoms with Gasteiger partial charge in [-0.05, 0) is 44.9 Å². The molecule has 4 heteroatoms. The van der Waals surface area contributed by atoms with Crippen LogP contribution in [0.2, 0.25) is 0 Å². The third-order valence-corrected chi connectivity index (χ3v) is 4.05. The van der Waals surface area contributed by atoms with Crippen LogP contribution in [0.25, 0.3) is 0 Å². The van der Waals surface area contributed by atoms with E-state index in [1.54, 1.807) is 0 Å². The van der Waals surface area contributed by atoms with Gasteiger partial charge in [0.2, 0.25) is 0 Å². The summed E-state index contributed by atoms with van der Waals surface area (Å²) >= 11 is 0. The summed E-state index contributed by atoms with van der Waals surface area (Å²) in [5.74, 6) is 0.620. The largest absolute Gasteiger partial charge is 0.378 e. The summed E-state index contributed by atoms with van der Waals surface area (Å²) < 4.78 is 5.60. The number of piperidine rings is 1. The van der Waals surface area contributed by atoms with E-state index in [4.69, 9.17) is 4.74 Å². The van der Waals surface area contributed by atoms with E-state index < -0.39 is 0 Å². The number of hydrogen-bond acceptors (Lipinski definition) is 2. The minimum Gasteiger partial charge on any atom is -0.378 e. The highest BCUT2D eigenvalue weighted by Gasteiger charge is 2.23. The van der Waals surface area contributed by atoms with E-state index in [1.165, 1.54) is 6.42 Å². The normalized spacial score (nSPS) is 24.5. The number of nitrogens with zero attached hydrogens (tertiary/aromatic N) is 1. The Morgan fingerprint density at radius 1 is 1.32 bits per heavy atom. The van der Waals surface area contributed by atoms with Crippen molar-refractivity contribution in [3.8, 4) is 0 Å². The number of likely N-dealkylation sites (tertiary alicyclic amines) is 1. The molecule has 0 aromatic carbocycles. The Balaban J connectivity index is 1.65. The van der Waals surface area contributed by atoms with Crippen LogP contribution in [0.15, 0.2) is 12.2 Å². The maximum absolute atomic E-state index is 12.1. The molecule has 0 aromatic rings. The first-order valence-electron chi connectivity index (χ1n) is 7.59. The smallest absolute Gasteiger partial charge is 0.317 e. The summed E-state index contributed by atoms with van der Waals surface area (Å²) in [6.07, 6.45) is 10.2. The molecular weight excluding hydrogens is 240 g/mol. The highest BCUT2D eigenvalue weighted by molar-refractivity contribution is 5.74. The number of rotatable bonds is 4. The number of hydrogen-bond donors (Lipinski definition) is 1. The van der Waals surface area contributed by atoms with Crippen molar-refractivity contribution in [3.63, 3.8) is 0 Å². The van der Waals surface area contributed by atoms with Crippen LogP contribution >= 0.6 is 0 Å². The van der Waals surface area contributed by atoms with E-state index in [-0.39, 0.29) is 6.03 Å². The fourth-order valence-electron chi connectivity index (χ4n) is 2.85. The molecule has 1 aliphatic carbocycles. The van der Waals surface area contributed by atoms with Crippen LogP contribution in [0.4, 0.5) is 4.79 Å². The third kappa shape index (κ3) is 4.53. The summed E-state index contributed by atoms with van der Waals surface area (Å²) in [7, 11) is 0. The number of amides is 2. The van der Waals surface area contributed by atoms with Crippen LogP contribution in [-0.2, 0) is 4.74 Å². The summed E-state index contributed by atoms with van der Waals surface area (Å²) in [5.41, 5.74) is 0. The van der Waals surface area contributed by atoms with Gasteiger partial charge in [-0.1, -0.05) is 12.2 Å². The van der Waals surface area contributed by atoms with Gasteiger partial charge in [0.1, 0.15) is 0 Å². The molecule has 1 unspecified atom stereocenters. The summed E-state index contributed by atoms with van der Waals surface area (Å²) in [6.45, 7) is 5.25. The Kier molecular flexibility index (Phi) is 5.70. The molecule has 1 fully saturated rings. The molecular formula is C15H26N2O2. The van der Waals surface area contributed by atoms with Gasteiger partial charge in [-0.3, -0.25) is 0 Å². The summed E-state index contributed by atoms with van der Waals surface area (Å²) in [5, 5.41) is 3.08. The predicted molar refractivity (Wildman–Crippen MR) is 76.1 cm³/mol. The minimum absolute atomic E-state index is 0.101. The molecule has 0 spiro atoms. The zero-order valence-electron chi connectivity index (χ0n) is 11.9. The van der Waals surface area contributed by atoms with Crippen molar-refractivity contribution in [1.82, 2.24) is 10.2 Å². The monoisotopic (exact) mass is 266 g/mol. The Hall–Kier alpha value is -1.03. The molecule has 4 nitrogen and oxygen atoms in total. The number of nitrogens with one attached hydrogen (secondary N) is 1. The maximum Gasteiger partial charge on any atom is 0.317 e.